The van der Waals surface area contributed by atoms with Crippen molar-refractivity contribution in [3.8, 4) is 6.07 Å². The number of hydrogen-bond donors (Lipinski definition) is 0. The Morgan fingerprint density at radius 1 is 1.79 bits per heavy atom. The van der Waals surface area contributed by atoms with Crippen molar-refractivity contribution in [1.82, 2.24) is 4.90 Å². The Balaban J connectivity index is 2.52. The van der Waals surface area contributed by atoms with Gasteiger partial charge in [-0.15, -0.1) is 0 Å². The van der Waals surface area contributed by atoms with Crippen LogP contribution in [0.3, 0.4) is 0 Å². The van der Waals surface area contributed by atoms with Crippen LogP contribution < -0.4 is 0 Å². The Labute approximate surface area is 84.4 Å². The highest BCUT2D eigenvalue weighted by Crippen LogP contribution is 2.19. The van der Waals surface area contributed by atoms with Gasteiger partial charge in [-0.05, 0) is 26.3 Å². The Bertz CT molecular complexity index is 247. The van der Waals surface area contributed by atoms with Crippen LogP contribution in [0.25, 0.3) is 0 Å². The lowest BCUT2D eigenvalue weighted by Gasteiger charge is -2.22. The molecule has 4 nitrogen and oxygen atoms in total. The van der Waals surface area contributed by atoms with E-state index in [0.717, 1.165) is 19.4 Å². The fourth-order valence-corrected chi connectivity index (χ4v) is 1.84. The summed E-state index contributed by atoms with van der Waals surface area (Å²) < 4.78 is 4.72. The summed E-state index contributed by atoms with van der Waals surface area (Å²) in [6.45, 7) is 3.43. The van der Waals surface area contributed by atoms with E-state index in [1.807, 2.05) is 11.8 Å². The minimum absolute atomic E-state index is 0.0275. The monoisotopic (exact) mass is 196 g/mol. The third kappa shape index (κ3) is 2.46. The van der Waals surface area contributed by atoms with E-state index in [0.29, 0.717) is 6.54 Å². The van der Waals surface area contributed by atoms with Crippen molar-refractivity contribution in [2.75, 3.05) is 20.2 Å². The number of hydrogen-bond acceptors (Lipinski definition) is 4. The summed E-state index contributed by atoms with van der Waals surface area (Å²) in [5.41, 5.74) is 0. The van der Waals surface area contributed by atoms with E-state index in [-0.39, 0.29) is 17.9 Å². The number of ether oxygens (including phenoxy) is 1. The van der Waals surface area contributed by atoms with Gasteiger partial charge in [0.05, 0.1) is 19.1 Å². The van der Waals surface area contributed by atoms with Crippen LogP contribution in [0.15, 0.2) is 0 Å². The second kappa shape index (κ2) is 4.97. The maximum Gasteiger partial charge on any atom is 0.323 e. The molecule has 2 atom stereocenters. The molecule has 4 heteroatoms. The molecule has 0 aromatic carbocycles. The molecule has 14 heavy (non-hydrogen) atoms. The van der Waals surface area contributed by atoms with Gasteiger partial charge in [0, 0.05) is 6.54 Å². The lowest BCUT2D eigenvalue weighted by atomic mass is 10.1. The Morgan fingerprint density at radius 2 is 2.50 bits per heavy atom. The number of esters is 1. The predicted molar refractivity (Wildman–Crippen MR) is 51.4 cm³/mol. The fraction of sp³-hybridized carbons (Fsp3) is 0.800. The standard InChI is InChI=1S/C10H16N2O2/c1-8(6-11)7-12-5-3-4-9(12)10(13)14-2/h8-9H,3-5,7H2,1-2H3. The van der Waals surface area contributed by atoms with Crippen LogP contribution >= 0.6 is 0 Å². The number of rotatable bonds is 3. The molecule has 0 bridgehead atoms. The second-order valence-corrected chi connectivity index (χ2v) is 3.71. The average molecular weight is 196 g/mol. The average Bonchev–Trinajstić information content (AvgIpc) is 2.64. The van der Waals surface area contributed by atoms with E-state index in [1.165, 1.54) is 7.11 Å². The van der Waals surface area contributed by atoms with Crippen molar-refractivity contribution >= 4 is 5.97 Å². The SMILES string of the molecule is COC(=O)C1CCCN1CC(C)C#N. The maximum absolute atomic E-state index is 11.3. The van der Waals surface area contributed by atoms with Gasteiger partial charge in [0.1, 0.15) is 6.04 Å². The van der Waals surface area contributed by atoms with Gasteiger partial charge in [0.25, 0.3) is 0 Å². The van der Waals surface area contributed by atoms with Crippen LogP contribution in [0.4, 0.5) is 0 Å². The molecule has 1 aliphatic rings. The topological polar surface area (TPSA) is 53.3 Å². The molecule has 2 unspecified atom stereocenters. The van der Waals surface area contributed by atoms with Gasteiger partial charge in [0.15, 0.2) is 0 Å². The first-order valence-corrected chi connectivity index (χ1v) is 4.90. The van der Waals surface area contributed by atoms with Gasteiger partial charge < -0.3 is 4.74 Å². The number of likely N-dealkylation sites (tertiary alicyclic amines) is 1. The van der Waals surface area contributed by atoms with Gasteiger partial charge in [0.2, 0.25) is 0 Å². The molecule has 78 valence electrons. The number of carbonyl (C=O) groups excluding carboxylic acids is 1. The Morgan fingerprint density at radius 3 is 3.07 bits per heavy atom. The highest BCUT2D eigenvalue weighted by Gasteiger charge is 2.31. The summed E-state index contributed by atoms with van der Waals surface area (Å²) in [6, 6.07) is 2.05. The summed E-state index contributed by atoms with van der Waals surface area (Å²) in [5.74, 6) is -0.201. The third-order valence-corrected chi connectivity index (χ3v) is 2.57. The van der Waals surface area contributed by atoms with Gasteiger partial charge in [-0.3, -0.25) is 9.69 Å². The van der Waals surface area contributed by atoms with Gasteiger partial charge in [-0.2, -0.15) is 5.26 Å². The van der Waals surface area contributed by atoms with E-state index in [9.17, 15) is 4.79 Å². The molecule has 1 fully saturated rings. The first-order chi connectivity index (χ1) is 6.69. The summed E-state index contributed by atoms with van der Waals surface area (Å²) in [7, 11) is 1.41. The minimum Gasteiger partial charge on any atom is -0.468 e. The fourth-order valence-electron chi connectivity index (χ4n) is 1.84. The first kappa shape index (κ1) is 11.0. The summed E-state index contributed by atoms with van der Waals surface area (Å²) in [5, 5.41) is 8.68. The van der Waals surface area contributed by atoms with E-state index in [1.54, 1.807) is 0 Å². The molecule has 1 heterocycles. The third-order valence-electron chi connectivity index (χ3n) is 2.57. The number of methoxy groups -OCH3 is 1. The molecule has 0 aliphatic carbocycles. The maximum atomic E-state index is 11.3. The molecular weight excluding hydrogens is 180 g/mol. The zero-order valence-corrected chi connectivity index (χ0v) is 8.69. The number of carbonyl (C=O) groups is 1. The molecule has 0 radical (unpaired) electrons. The van der Waals surface area contributed by atoms with Crippen molar-refractivity contribution < 1.29 is 9.53 Å². The molecule has 0 N–H and O–H groups in total. The molecule has 1 saturated heterocycles. The molecule has 0 saturated carbocycles. The van der Waals surface area contributed by atoms with Crippen LogP contribution in [0, 0.1) is 17.2 Å². The lowest BCUT2D eigenvalue weighted by Crippen LogP contribution is -2.39. The summed E-state index contributed by atoms with van der Waals surface area (Å²) >= 11 is 0. The molecule has 0 aromatic rings. The van der Waals surface area contributed by atoms with Crippen LogP contribution in [0.2, 0.25) is 0 Å². The van der Waals surface area contributed by atoms with E-state index < -0.39 is 0 Å². The van der Waals surface area contributed by atoms with Crippen LogP contribution in [-0.4, -0.2) is 37.1 Å². The van der Waals surface area contributed by atoms with Crippen LogP contribution in [0.5, 0.6) is 0 Å². The highest BCUT2D eigenvalue weighted by molar-refractivity contribution is 5.75. The van der Waals surface area contributed by atoms with Crippen LogP contribution in [0.1, 0.15) is 19.8 Å². The van der Waals surface area contributed by atoms with Gasteiger partial charge in [-0.25, -0.2) is 0 Å². The second-order valence-electron chi connectivity index (χ2n) is 3.71. The quantitative estimate of drug-likeness (QED) is 0.626. The number of nitriles is 1. The molecular formula is C10H16N2O2. The number of nitrogens with zero attached hydrogens (tertiary/aromatic N) is 2. The minimum atomic E-state index is -0.173. The molecule has 0 amide bonds. The van der Waals surface area contributed by atoms with E-state index >= 15 is 0 Å². The van der Waals surface area contributed by atoms with Gasteiger partial charge in [-0.1, -0.05) is 0 Å². The highest BCUT2D eigenvalue weighted by atomic mass is 16.5. The van der Waals surface area contributed by atoms with Crippen molar-refractivity contribution in [3.63, 3.8) is 0 Å². The predicted octanol–water partition coefficient (Wildman–Crippen LogP) is 0.783. The van der Waals surface area contributed by atoms with Crippen molar-refractivity contribution in [3.05, 3.63) is 0 Å². The first-order valence-electron chi connectivity index (χ1n) is 4.90. The van der Waals surface area contributed by atoms with Crippen molar-refractivity contribution in [2.45, 2.75) is 25.8 Å². The van der Waals surface area contributed by atoms with Crippen molar-refractivity contribution in [1.29, 1.82) is 5.26 Å². The summed E-state index contributed by atoms with van der Waals surface area (Å²) in [4.78, 5) is 13.4. The van der Waals surface area contributed by atoms with Gasteiger partial charge >= 0.3 is 5.97 Å². The zero-order chi connectivity index (χ0) is 10.6. The molecule has 1 aliphatic heterocycles. The molecule has 0 spiro atoms. The molecule has 1 rings (SSSR count). The van der Waals surface area contributed by atoms with Crippen LogP contribution in [-0.2, 0) is 9.53 Å². The lowest BCUT2D eigenvalue weighted by molar-refractivity contribution is -0.145. The summed E-state index contributed by atoms with van der Waals surface area (Å²) in [6.07, 6.45) is 1.86. The van der Waals surface area contributed by atoms with E-state index in [4.69, 9.17) is 10.00 Å². The van der Waals surface area contributed by atoms with Crippen molar-refractivity contribution in [2.24, 2.45) is 5.92 Å². The normalized spacial score (nSPS) is 24.2. The Kier molecular flexibility index (Phi) is 3.90. The molecule has 0 aromatic heterocycles. The zero-order valence-electron chi connectivity index (χ0n) is 8.69. The van der Waals surface area contributed by atoms with E-state index in [2.05, 4.69) is 6.07 Å². The Hall–Kier alpha value is -1.08. The largest absolute Gasteiger partial charge is 0.468 e. The smallest absolute Gasteiger partial charge is 0.323 e.